The second-order valence-electron chi connectivity index (χ2n) is 5.43. The lowest BCUT2D eigenvalue weighted by Crippen LogP contribution is -2.54. The van der Waals surface area contributed by atoms with Gasteiger partial charge in [0, 0.05) is 6.54 Å². The van der Waals surface area contributed by atoms with Crippen LogP contribution in [0.2, 0.25) is 0 Å². The highest BCUT2D eigenvalue weighted by Crippen LogP contribution is 2.34. The van der Waals surface area contributed by atoms with Crippen LogP contribution >= 0.6 is 0 Å². The van der Waals surface area contributed by atoms with Gasteiger partial charge in [0.15, 0.2) is 6.04 Å². The minimum absolute atomic E-state index is 0.213. The molecular weight excluding hydrogens is 248 g/mol. The highest BCUT2D eigenvalue weighted by atomic mass is 16.4. The molecule has 0 aliphatic heterocycles. The zero-order chi connectivity index (χ0) is 14.5. The summed E-state index contributed by atoms with van der Waals surface area (Å²) in [5.41, 5.74) is 5.08. The number of amides is 1. The van der Waals surface area contributed by atoms with Gasteiger partial charge in [-0.2, -0.15) is 0 Å². The predicted octanol–water partition coefficient (Wildman–Crippen LogP) is 0.236. The first-order valence-electron chi connectivity index (χ1n) is 6.85. The third-order valence-electron chi connectivity index (χ3n) is 3.97. The van der Waals surface area contributed by atoms with Crippen molar-refractivity contribution in [2.75, 3.05) is 6.54 Å². The number of carboxylic acids is 1. The fourth-order valence-electron chi connectivity index (χ4n) is 2.61. The van der Waals surface area contributed by atoms with Crippen LogP contribution in [0, 0.1) is 5.41 Å². The van der Waals surface area contributed by atoms with E-state index in [0.29, 0.717) is 12.8 Å². The molecule has 0 heterocycles. The number of aliphatic carboxylic acids is 1. The molecule has 0 aromatic heterocycles. The molecule has 19 heavy (non-hydrogen) atoms. The molecule has 1 saturated carbocycles. The number of aliphatic hydroxyl groups is 1. The summed E-state index contributed by atoms with van der Waals surface area (Å²) >= 11 is 0. The molecule has 0 aromatic rings. The van der Waals surface area contributed by atoms with E-state index in [4.69, 9.17) is 10.8 Å². The first kappa shape index (κ1) is 15.9. The highest BCUT2D eigenvalue weighted by Gasteiger charge is 2.39. The lowest BCUT2D eigenvalue weighted by Gasteiger charge is -2.31. The SMILES string of the molecule is CC(O)C(NC(=O)C1(CN)CCCCCC1)C(=O)O. The van der Waals surface area contributed by atoms with Gasteiger partial charge < -0.3 is 21.3 Å². The van der Waals surface area contributed by atoms with Gasteiger partial charge in [0.05, 0.1) is 11.5 Å². The van der Waals surface area contributed by atoms with E-state index in [1.54, 1.807) is 0 Å². The molecule has 0 aromatic carbocycles. The summed E-state index contributed by atoms with van der Waals surface area (Å²) in [7, 11) is 0. The number of hydrogen-bond donors (Lipinski definition) is 4. The van der Waals surface area contributed by atoms with Gasteiger partial charge in [0.1, 0.15) is 0 Å². The molecule has 1 rings (SSSR count). The van der Waals surface area contributed by atoms with Crippen LogP contribution in [-0.2, 0) is 9.59 Å². The van der Waals surface area contributed by atoms with Crippen molar-refractivity contribution in [3.8, 4) is 0 Å². The molecule has 0 radical (unpaired) electrons. The number of carbonyl (C=O) groups excluding carboxylic acids is 1. The van der Waals surface area contributed by atoms with Gasteiger partial charge in [-0.25, -0.2) is 4.79 Å². The Morgan fingerprint density at radius 2 is 1.79 bits per heavy atom. The van der Waals surface area contributed by atoms with Gasteiger partial charge in [0.2, 0.25) is 5.91 Å². The zero-order valence-electron chi connectivity index (χ0n) is 11.4. The molecule has 6 nitrogen and oxygen atoms in total. The topological polar surface area (TPSA) is 113 Å². The lowest BCUT2D eigenvalue weighted by molar-refractivity contribution is -0.147. The summed E-state index contributed by atoms with van der Waals surface area (Å²) in [6.07, 6.45) is 4.24. The Hall–Kier alpha value is -1.14. The Balaban J connectivity index is 2.79. The number of hydrogen-bond acceptors (Lipinski definition) is 4. The van der Waals surface area contributed by atoms with Gasteiger partial charge in [-0.05, 0) is 19.8 Å². The van der Waals surface area contributed by atoms with Crippen LogP contribution in [0.4, 0.5) is 0 Å². The standard InChI is InChI=1S/C13H24N2O4/c1-9(16)10(11(17)18)15-12(19)13(8-14)6-4-2-3-5-7-13/h9-10,16H,2-8,14H2,1H3,(H,15,19)(H,17,18). The molecule has 6 heteroatoms. The second kappa shape index (κ2) is 6.86. The fraction of sp³-hybridized carbons (Fsp3) is 0.846. The number of nitrogens with one attached hydrogen (secondary N) is 1. The molecule has 2 unspecified atom stereocenters. The van der Waals surface area contributed by atoms with Gasteiger partial charge in [-0.1, -0.05) is 25.7 Å². The summed E-state index contributed by atoms with van der Waals surface area (Å²) < 4.78 is 0. The van der Waals surface area contributed by atoms with Crippen molar-refractivity contribution in [2.24, 2.45) is 11.1 Å². The predicted molar refractivity (Wildman–Crippen MR) is 70.4 cm³/mol. The van der Waals surface area contributed by atoms with Crippen molar-refractivity contribution in [3.63, 3.8) is 0 Å². The van der Waals surface area contributed by atoms with Crippen molar-refractivity contribution < 1.29 is 19.8 Å². The molecule has 1 aliphatic rings. The quantitative estimate of drug-likeness (QED) is 0.535. The summed E-state index contributed by atoms with van der Waals surface area (Å²) in [4.78, 5) is 23.4. The van der Waals surface area contributed by atoms with Crippen molar-refractivity contribution in [1.82, 2.24) is 5.32 Å². The number of carboxylic acid groups (broad SMARTS) is 1. The smallest absolute Gasteiger partial charge is 0.328 e. The summed E-state index contributed by atoms with van der Waals surface area (Å²) in [5, 5.41) is 20.8. The Morgan fingerprint density at radius 3 is 2.16 bits per heavy atom. The number of rotatable bonds is 5. The van der Waals surface area contributed by atoms with Gasteiger partial charge in [-0.15, -0.1) is 0 Å². The first-order valence-corrected chi connectivity index (χ1v) is 6.85. The Kier molecular flexibility index (Phi) is 5.75. The van der Waals surface area contributed by atoms with Crippen molar-refractivity contribution in [1.29, 1.82) is 0 Å². The molecule has 110 valence electrons. The Labute approximate surface area is 113 Å². The van der Waals surface area contributed by atoms with Crippen LogP contribution in [0.25, 0.3) is 0 Å². The molecule has 0 bridgehead atoms. The van der Waals surface area contributed by atoms with Crippen LogP contribution in [-0.4, -0.2) is 40.8 Å². The van der Waals surface area contributed by atoms with Crippen LogP contribution in [0.5, 0.6) is 0 Å². The Morgan fingerprint density at radius 1 is 1.26 bits per heavy atom. The largest absolute Gasteiger partial charge is 0.480 e. The minimum atomic E-state index is -1.28. The molecule has 1 amide bonds. The molecule has 1 fully saturated rings. The molecule has 0 spiro atoms. The van der Waals surface area contributed by atoms with Crippen molar-refractivity contribution in [2.45, 2.75) is 57.6 Å². The van der Waals surface area contributed by atoms with Crippen LogP contribution in [0.1, 0.15) is 45.4 Å². The van der Waals surface area contributed by atoms with Gasteiger partial charge >= 0.3 is 5.97 Å². The summed E-state index contributed by atoms with van der Waals surface area (Å²) in [6, 6.07) is -1.28. The summed E-state index contributed by atoms with van der Waals surface area (Å²) in [6.45, 7) is 1.56. The third kappa shape index (κ3) is 3.91. The van der Waals surface area contributed by atoms with Gasteiger partial charge in [-0.3, -0.25) is 4.79 Å². The van der Waals surface area contributed by atoms with E-state index >= 15 is 0 Å². The minimum Gasteiger partial charge on any atom is -0.480 e. The van der Waals surface area contributed by atoms with Crippen molar-refractivity contribution >= 4 is 11.9 Å². The van der Waals surface area contributed by atoms with E-state index in [9.17, 15) is 14.7 Å². The highest BCUT2D eigenvalue weighted by molar-refractivity contribution is 5.88. The van der Waals surface area contributed by atoms with E-state index in [1.165, 1.54) is 6.92 Å². The van der Waals surface area contributed by atoms with E-state index in [2.05, 4.69) is 5.32 Å². The maximum absolute atomic E-state index is 12.4. The van der Waals surface area contributed by atoms with Crippen LogP contribution < -0.4 is 11.1 Å². The Bertz CT molecular complexity index is 323. The maximum atomic E-state index is 12.4. The number of carbonyl (C=O) groups is 2. The molecular formula is C13H24N2O4. The maximum Gasteiger partial charge on any atom is 0.328 e. The van der Waals surface area contributed by atoms with Crippen molar-refractivity contribution in [3.05, 3.63) is 0 Å². The number of aliphatic hydroxyl groups excluding tert-OH is 1. The molecule has 2 atom stereocenters. The molecule has 1 aliphatic carbocycles. The van der Waals surface area contributed by atoms with E-state index in [1.807, 2.05) is 0 Å². The normalized spacial score (nSPS) is 22.1. The lowest BCUT2D eigenvalue weighted by atomic mass is 9.79. The zero-order valence-corrected chi connectivity index (χ0v) is 11.4. The monoisotopic (exact) mass is 272 g/mol. The average molecular weight is 272 g/mol. The number of nitrogens with two attached hydrogens (primary N) is 1. The average Bonchev–Trinajstić information content (AvgIpc) is 2.61. The summed E-state index contributed by atoms with van der Waals surface area (Å²) in [5.74, 6) is -1.57. The van der Waals surface area contributed by atoms with E-state index in [0.717, 1.165) is 25.7 Å². The van der Waals surface area contributed by atoms with E-state index < -0.39 is 23.5 Å². The second-order valence-corrected chi connectivity index (χ2v) is 5.43. The molecule has 5 N–H and O–H groups in total. The van der Waals surface area contributed by atoms with Crippen LogP contribution in [0.15, 0.2) is 0 Å². The fourth-order valence-corrected chi connectivity index (χ4v) is 2.61. The van der Waals surface area contributed by atoms with E-state index in [-0.39, 0.29) is 12.5 Å². The van der Waals surface area contributed by atoms with Gasteiger partial charge in [0.25, 0.3) is 0 Å². The third-order valence-corrected chi connectivity index (χ3v) is 3.97. The first-order chi connectivity index (χ1) is 8.93. The molecule has 0 saturated heterocycles. The van der Waals surface area contributed by atoms with Crippen LogP contribution in [0.3, 0.4) is 0 Å².